The zero-order valence-corrected chi connectivity index (χ0v) is 15.5. The molecular formula is C18H21BrN4O. The normalized spacial score (nSPS) is 15.4. The number of nitrogens with zero attached hydrogens (tertiary/aromatic N) is 3. The number of amides is 1. The number of aryl methyl sites for hydroxylation is 1. The highest BCUT2D eigenvalue weighted by Crippen LogP contribution is 2.21. The lowest BCUT2D eigenvalue weighted by Crippen LogP contribution is -2.34. The van der Waals surface area contributed by atoms with E-state index < -0.39 is 0 Å². The van der Waals surface area contributed by atoms with Gasteiger partial charge in [0.2, 0.25) is 5.95 Å². The topological polar surface area (TPSA) is 58.1 Å². The molecule has 126 valence electrons. The van der Waals surface area contributed by atoms with Gasteiger partial charge in [-0.05, 0) is 49.4 Å². The van der Waals surface area contributed by atoms with Crippen molar-refractivity contribution in [3.05, 3.63) is 46.2 Å². The second-order valence-corrected chi connectivity index (χ2v) is 7.21. The van der Waals surface area contributed by atoms with Gasteiger partial charge in [-0.2, -0.15) is 0 Å². The predicted molar refractivity (Wildman–Crippen MR) is 99.5 cm³/mol. The van der Waals surface area contributed by atoms with Gasteiger partial charge in [0.25, 0.3) is 5.91 Å². The number of rotatable bonds is 3. The van der Waals surface area contributed by atoms with E-state index in [2.05, 4.69) is 43.0 Å². The number of anilines is 2. The molecule has 0 radical (unpaired) electrons. The van der Waals surface area contributed by atoms with Crippen molar-refractivity contribution in [2.45, 2.75) is 26.7 Å². The summed E-state index contributed by atoms with van der Waals surface area (Å²) in [6, 6.07) is 5.70. The molecule has 5 nitrogen and oxygen atoms in total. The SMILES string of the molecule is Cc1cc(NC(=O)c2cnc(N3CCC(C)CC3)nc2)ccc1Br. The van der Waals surface area contributed by atoms with Crippen molar-refractivity contribution in [2.24, 2.45) is 5.92 Å². The Bertz CT molecular complexity index is 724. The van der Waals surface area contributed by atoms with Crippen LogP contribution in [-0.4, -0.2) is 29.0 Å². The molecule has 0 unspecified atom stereocenters. The highest BCUT2D eigenvalue weighted by atomic mass is 79.9. The molecule has 1 N–H and O–H groups in total. The van der Waals surface area contributed by atoms with E-state index in [0.29, 0.717) is 11.5 Å². The van der Waals surface area contributed by atoms with Crippen LogP contribution in [0.4, 0.5) is 11.6 Å². The number of halogens is 1. The van der Waals surface area contributed by atoms with Crippen molar-refractivity contribution in [3.63, 3.8) is 0 Å². The van der Waals surface area contributed by atoms with E-state index >= 15 is 0 Å². The van der Waals surface area contributed by atoms with Gasteiger partial charge in [0, 0.05) is 35.6 Å². The van der Waals surface area contributed by atoms with Crippen LogP contribution in [0.3, 0.4) is 0 Å². The Morgan fingerprint density at radius 2 is 1.92 bits per heavy atom. The fourth-order valence-corrected chi connectivity index (χ4v) is 2.98. The Balaban J connectivity index is 1.66. The van der Waals surface area contributed by atoms with Crippen LogP contribution < -0.4 is 10.2 Å². The van der Waals surface area contributed by atoms with Crippen molar-refractivity contribution in [1.82, 2.24) is 9.97 Å². The molecule has 6 heteroatoms. The molecule has 2 heterocycles. The molecule has 1 aromatic heterocycles. The molecule has 1 aliphatic rings. The standard InChI is InChI=1S/C18H21BrN4O/c1-12-5-7-23(8-6-12)18-20-10-14(11-21-18)17(24)22-15-3-4-16(19)13(2)9-15/h3-4,9-12H,5-8H2,1-2H3,(H,22,24). The van der Waals surface area contributed by atoms with E-state index in [1.165, 1.54) is 0 Å². The maximum Gasteiger partial charge on any atom is 0.258 e. The van der Waals surface area contributed by atoms with E-state index in [4.69, 9.17) is 0 Å². The van der Waals surface area contributed by atoms with Crippen LogP contribution in [0.2, 0.25) is 0 Å². The summed E-state index contributed by atoms with van der Waals surface area (Å²) >= 11 is 3.45. The van der Waals surface area contributed by atoms with Crippen molar-refractivity contribution in [2.75, 3.05) is 23.3 Å². The molecule has 1 aromatic carbocycles. The Kier molecular flexibility index (Phi) is 5.14. The molecule has 24 heavy (non-hydrogen) atoms. The summed E-state index contributed by atoms with van der Waals surface area (Å²) in [5.41, 5.74) is 2.29. The summed E-state index contributed by atoms with van der Waals surface area (Å²) in [5.74, 6) is 1.27. The van der Waals surface area contributed by atoms with Crippen LogP contribution in [0.1, 0.15) is 35.7 Å². The minimum atomic E-state index is -0.199. The lowest BCUT2D eigenvalue weighted by Gasteiger charge is -2.30. The second-order valence-electron chi connectivity index (χ2n) is 6.36. The summed E-state index contributed by atoms with van der Waals surface area (Å²) in [4.78, 5) is 23.2. The van der Waals surface area contributed by atoms with Gasteiger partial charge in [0.05, 0.1) is 5.56 Å². The van der Waals surface area contributed by atoms with E-state index in [1.54, 1.807) is 12.4 Å². The maximum atomic E-state index is 12.3. The molecule has 0 spiro atoms. The molecular weight excluding hydrogens is 368 g/mol. The average Bonchev–Trinajstić information content (AvgIpc) is 2.59. The van der Waals surface area contributed by atoms with Gasteiger partial charge in [0.15, 0.2) is 0 Å². The summed E-state index contributed by atoms with van der Waals surface area (Å²) in [5, 5.41) is 2.88. The maximum absolute atomic E-state index is 12.3. The highest BCUT2D eigenvalue weighted by molar-refractivity contribution is 9.10. The zero-order chi connectivity index (χ0) is 17.1. The number of piperidine rings is 1. The summed E-state index contributed by atoms with van der Waals surface area (Å²) in [6.07, 6.45) is 5.52. The number of carbonyl (C=O) groups is 1. The Hall–Kier alpha value is -1.95. The molecule has 1 fully saturated rings. The Morgan fingerprint density at radius 3 is 2.54 bits per heavy atom. The van der Waals surface area contributed by atoms with E-state index in [-0.39, 0.29) is 5.91 Å². The molecule has 1 aliphatic heterocycles. The van der Waals surface area contributed by atoms with E-state index in [9.17, 15) is 4.79 Å². The first-order valence-corrected chi connectivity index (χ1v) is 8.97. The third-order valence-corrected chi connectivity index (χ3v) is 5.27. The minimum absolute atomic E-state index is 0.199. The number of carbonyl (C=O) groups excluding carboxylic acids is 1. The summed E-state index contributed by atoms with van der Waals surface area (Å²) < 4.78 is 1.02. The van der Waals surface area contributed by atoms with Crippen LogP contribution in [-0.2, 0) is 0 Å². The minimum Gasteiger partial charge on any atom is -0.341 e. The number of hydrogen-bond donors (Lipinski definition) is 1. The molecule has 0 saturated carbocycles. The Labute approximate surface area is 150 Å². The third-order valence-electron chi connectivity index (χ3n) is 4.38. The quantitative estimate of drug-likeness (QED) is 0.861. The fourth-order valence-electron chi connectivity index (χ4n) is 2.74. The molecule has 0 bridgehead atoms. The lowest BCUT2D eigenvalue weighted by atomic mass is 10.00. The van der Waals surface area contributed by atoms with Crippen LogP contribution >= 0.6 is 15.9 Å². The first-order valence-electron chi connectivity index (χ1n) is 8.17. The van der Waals surface area contributed by atoms with Crippen LogP contribution in [0, 0.1) is 12.8 Å². The largest absolute Gasteiger partial charge is 0.341 e. The predicted octanol–water partition coefficient (Wildman–Crippen LogP) is 4.04. The van der Waals surface area contributed by atoms with Gasteiger partial charge in [-0.15, -0.1) is 0 Å². The molecule has 1 amide bonds. The molecule has 0 atom stereocenters. The number of aromatic nitrogens is 2. The molecule has 1 saturated heterocycles. The number of nitrogens with one attached hydrogen (secondary N) is 1. The third kappa shape index (κ3) is 3.93. The average molecular weight is 389 g/mol. The van der Waals surface area contributed by atoms with Crippen molar-refractivity contribution in [3.8, 4) is 0 Å². The Morgan fingerprint density at radius 1 is 1.25 bits per heavy atom. The molecule has 3 rings (SSSR count). The van der Waals surface area contributed by atoms with E-state index in [0.717, 1.165) is 47.6 Å². The van der Waals surface area contributed by atoms with Crippen LogP contribution in [0.15, 0.2) is 35.1 Å². The van der Waals surface area contributed by atoms with Gasteiger partial charge in [-0.25, -0.2) is 9.97 Å². The van der Waals surface area contributed by atoms with Crippen molar-refractivity contribution in [1.29, 1.82) is 0 Å². The van der Waals surface area contributed by atoms with Gasteiger partial charge in [-0.3, -0.25) is 4.79 Å². The van der Waals surface area contributed by atoms with Crippen molar-refractivity contribution < 1.29 is 4.79 Å². The zero-order valence-electron chi connectivity index (χ0n) is 13.9. The smallest absolute Gasteiger partial charge is 0.258 e. The summed E-state index contributed by atoms with van der Waals surface area (Å²) in [7, 11) is 0. The molecule has 0 aliphatic carbocycles. The second kappa shape index (κ2) is 7.30. The first-order chi connectivity index (χ1) is 11.5. The highest BCUT2D eigenvalue weighted by Gasteiger charge is 2.18. The number of benzene rings is 1. The van der Waals surface area contributed by atoms with Gasteiger partial charge >= 0.3 is 0 Å². The monoisotopic (exact) mass is 388 g/mol. The number of hydrogen-bond acceptors (Lipinski definition) is 4. The summed E-state index contributed by atoms with van der Waals surface area (Å²) in [6.45, 7) is 6.21. The fraction of sp³-hybridized carbons (Fsp3) is 0.389. The van der Waals surface area contributed by atoms with Gasteiger partial charge in [-0.1, -0.05) is 22.9 Å². The first kappa shape index (κ1) is 16.9. The van der Waals surface area contributed by atoms with Gasteiger partial charge < -0.3 is 10.2 Å². The van der Waals surface area contributed by atoms with Gasteiger partial charge in [0.1, 0.15) is 0 Å². The van der Waals surface area contributed by atoms with Crippen LogP contribution in [0.5, 0.6) is 0 Å². The van der Waals surface area contributed by atoms with E-state index in [1.807, 2.05) is 25.1 Å². The van der Waals surface area contributed by atoms with Crippen LogP contribution in [0.25, 0.3) is 0 Å². The lowest BCUT2D eigenvalue weighted by molar-refractivity contribution is 0.102. The molecule has 2 aromatic rings. The van der Waals surface area contributed by atoms with Crippen molar-refractivity contribution >= 4 is 33.5 Å².